The van der Waals surface area contributed by atoms with Crippen molar-refractivity contribution < 1.29 is 4.79 Å². The summed E-state index contributed by atoms with van der Waals surface area (Å²) in [5.41, 5.74) is 5.78. The summed E-state index contributed by atoms with van der Waals surface area (Å²) >= 11 is 3.15. The summed E-state index contributed by atoms with van der Waals surface area (Å²) in [5, 5.41) is 5.30. The lowest BCUT2D eigenvalue weighted by Crippen LogP contribution is -2.13. The molecule has 0 atom stereocenters. The molecule has 0 fully saturated rings. The molecule has 0 aliphatic rings. The maximum Gasteiger partial charge on any atom is 0.277 e. The van der Waals surface area contributed by atoms with Crippen molar-refractivity contribution in [3.8, 4) is 11.3 Å². The molecule has 4 aromatic rings. The number of nitrogens with one attached hydrogen (secondary N) is 1. The molecule has 0 bridgehead atoms. The fraction of sp³-hybridized carbons (Fsp3) is 0.130. The topological polar surface area (TPSA) is 67.8 Å². The van der Waals surface area contributed by atoms with E-state index in [1.807, 2.05) is 5.38 Å². The minimum absolute atomic E-state index is 0.263. The van der Waals surface area contributed by atoms with Gasteiger partial charge in [-0.05, 0) is 56.2 Å². The Balaban J connectivity index is 1.54. The molecule has 5 nitrogen and oxygen atoms in total. The molecule has 150 valence electrons. The second-order valence-corrected chi connectivity index (χ2v) is 8.93. The van der Waals surface area contributed by atoms with Gasteiger partial charge in [0.15, 0.2) is 5.13 Å². The highest BCUT2D eigenvalue weighted by atomic mass is 32.2. The quantitative estimate of drug-likeness (QED) is 0.423. The van der Waals surface area contributed by atoms with Gasteiger partial charge in [-0.3, -0.25) is 15.1 Å². The standard InChI is InChI=1S/C23H20N4OS2/c1-14-4-6-17(7-5-14)30-18-10-15(2)21(16(3)11-18)20-13-29-23(26-20)27-22(28)19-12-24-8-9-25-19/h4-13H,1-3H3,(H,26,27,28). The summed E-state index contributed by atoms with van der Waals surface area (Å²) in [4.78, 5) is 27.3. The number of anilines is 1. The first-order valence-electron chi connectivity index (χ1n) is 9.38. The van der Waals surface area contributed by atoms with E-state index in [9.17, 15) is 4.79 Å². The van der Waals surface area contributed by atoms with Crippen molar-refractivity contribution in [3.63, 3.8) is 0 Å². The van der Waals surface area contributed by atoms with Crippen molar-refractivity contribution in [2.45, 2.75) is 30.6 Å². The maximum atomic E-state index is 12.3. The number of nitrogens with zero attached hydrogens (tertiary/aromatic N) is 3. The largest absolute Gasteiger partial charge is 0.296 e. The average molecular weight is 433 g/mol. The number of aryl methyl sites for hydroxylation is 3. The Morgan fingerprint density at radius 3 is 2.40 bits per heavy atom. The van der Waals surface area contributed by atoms with E-state index in [0.717, 1.165) is 22.4 Å². The minimum atomic E-state index is -0.317. The second-order valence-electron chi connectivity index (χ2n) is 6.93. The molecule has 4 rings (SSSR count). The van der Waals surface area contributed by atoms with E-state index >= 15 is 0 Å². The Morgan fingerprint density at radius 2 is 1.73 bits per heavy atom. The van der Waals surface area contributed by atoms with Gasteiger partial charge in [0, 0.05) is 33.1 Å². The Labute approximate surface area is 183 Å². The molecule has 2 aromatic heterocycles. The highest BCUT2D eigenvalue weighted by Gasteiger charge is 2.14. The third-order valence-electron chi connectivity index (χ3n) is 4.54. The molecule has 0 aliphatic heterocycles. The van der Waals surface area contributed by atoms with Crippen molar-refractivity contribution in [1.29, 1.82) is 0 Å². The Kier molecular flexibility index (Phi) is 5.92. The molecule has 7 heteroatoms. The molecule has 0 saturated heterocycles. The van der Waals surface area contributed by atoms with E-state index < -0.39 is 0 Å². The zero-order valence-electron chi connectivity index (χ0n) is 16.8. The Bertz CT molecular complexity index is 1160. The molecule has 30 heavy (non-hydrogen) atoms. The van der Waals surface area contributed by atoms with Crippen molar-refractivity contribution >= 4 is 34.1 Å². The monoisotopic (exact) mass is 432 g/mol. The predicted octanol–water partition coefficient (Wildman–Crippen LogP) is 5.93. The smallest absolute Gasteiger partial charge is 0.277 e. The summed E-state index contributed by atoms with van der Waals surface area (Å²) in [6.07, 6.45) is 4.46. The van der Waals surface area contributed by atoms with Crippen LogP contribution in [0.15, 0.2) is 70.2 Å². The van der Waals surface area contributed by atoms with Gasteiger partial charge >= 0.3 is 0 Å². The number of rotatable bonds is 5. The first-order valence-corrected chi connectivity index (χ1v) is 11.1. The second kappa shape index (κ2) is 8.77. The minimum Gasteiger partial charge on any atom is -0.296 e. The lowest BCUT2D eigenvalue weighted by atomic mass is 10.0. The third kappa shape index (κ3) is 4.58. The van der Waals surface area contributed by atoms with Gasteiger partial charge in [-0.2, -0.15) is 0 Å². The molecule has 1 amide bonds. The van der Waals surface area contributed by atoms with Gasteiger partial charge in [0.05, 0.1) is 11.9 Å². The maximum absolute atomic E-state index is 12.3. The molecular weight excluding hydrogens is 412 g/mol. The van der Waals surface area contributed by atoms with Crippen LogP contribution in [0, 0.1) is 20.8 Å². The SMILES string of the molecule is Cc1ccc(Sc2cc(C)c(-c3csc(NC(=O)c4cnccn4)n3)c(C)c2)cc1. The number of thiazole rings is 1. The van der Waals surface area contributed by atoms with Crippen LogP contribution in [0.3, 0.4) is 0 Å². The van der Waals surface area contributed by atoms with Crippen LogP contribution < -0.4 is 5.32 Å². The fourth-order valence-electron chi connectivity index (χ4n) is 3.15. The van der Waals surface area contributed by atoms with E-state index in [-0.39, 0.29) is 11.6 Å². The van der Waals surface area contributed by atoms with Gasteiger partial charge in [-0.25, -0.2) is 9.97 Å². The summed E-state index contributed by atoms with van der Waals surface area (Å²) in [6, 6.07) is 12.9. The van der Waals surface area contributed by atoms with Crippen LogP contribution in [0.5, 0.6) is 0 Å². The molecule has 2 heterocycles. The number of aromatic nitrogens is 3. The predicted molar refractivity (Wildman–Crippen MR) is 122 cm³/mol. The summed E-state index contributed by atoms with van der Waals surface area (Å²) < 4.78 is 0. The van der Waals surface area contributed by atoms with Gasteiger partial charge in [0.2, 0.25) is 0 Å². The zero-order valence-corrected chi connectivity index (χ0v) is 18.5. The number of benzene rings is 2. The lowest BCUT2D eigenvalue weighted by Gasteiger charge is -2.11. The highest BCUT2D eigenvalue weighted by Crippen LogP contribution is 2.36. The van der Waals surface area contributed by atoms with Gasteiger partial charge in [-0.1, -0.05) is 29.5 Å². The van der Waals surface area contributed by atoms with Crippen LogP contribution in [0.4, 0.5) is 5.13 Å². The van der Waals surface area contributed by atoms with E-state index in [0.29, 0.717) is 5.13 Å². The van der Waals surface area contributed by atoms with Gasteiger partial charge in [0.1, 0.15) is 5.69 Å². The molecule has 0 aliphatic carbocycles. The van der Waals surface area contributed by atoms with Crippen molar-refractivity contribution in [1.82, 2.24) is 15.0 Å². The highest BCUT2D eigenvalue weighted by molar-refractivity contribution is 7.99. The first kappa shape index (κ1) is 20.3. The normalized spacial score (nSPS) is 10.8. The third-order valence-corrected chi connectivity index (χ3v) is 6.28. The summed E-state index contributed by atoms with van der Waals surface area (Å²) in [7, 11) is 0. The summed E-state index contributed by atoms with van der Waals surface area (Å²) in [5.74, 6) is -0.317. The zero-order chi connectivity index (χ0) is 21.1. The van der Waals surface area contributed by atoms with E-state index in [1.54, 1.807) is 11.8 Å². The molecule has 1 N–H and O–H groups in total. The molecule has 0 spiro atoms. The Morgan fingerprint density at radius 1 is 1.00 bits per heavy atom. The number of hydrogen-bond acceptors (Lipinski definition) is 6. The van der Waals surface area contributed by atoms with E-state index in [1.165, 1.54) is 45.3 Å². The fourth-order valence-corrected chi connectivity index (χ4v) is 4.86. The van der Waals surface area contributed by atoms with E-state index in [2.05, 4.69) is 77.4 Å². The van der Waals surface area contributed by atoms with Gasteiger partial charge in [0.25, 0.3) is 5.91 Å². The molecule has 2 aromatic carbocycles. The van der Waals surface area contributed by atoms with Crippen LogP contribution in [-0.2, 0) is 0 Å². The first-order chi connectivity index (χ1) is 14.5. The van der Waals surface area contributed by atoms with Crippen LogP contribution >= 0.6 is 23.1 Å². The molecule has 0 radical (unpaired) electrons. The molecule has 0 unspecified atom stereocenters. The number of carbonyl (C=O) groups is 1. The van der Waals surface area contributed by atoms with Crippen molar-refractivity contribution in [2.24, 2.45) is 0 Å². The lowest BCUT2D eigenvalue weighted by molar-refractivity contribution is 0.102. The van der Waals surface area contributed by atoms with Crippen LogP contribution in [0.1, 0.15) is 27.2 Å². The van der Waals surface area contributed by atoms with E-state index in [4.69, 9.17) is 0 Å². The van der Waals surface area contributed by atoms with Crippen molar-refractivity contribution in [3.05, 3.63) is 82.8 Å². The van der Waals surface area contributed by atoms with Crippen LogP contribution in [-0.4, -0.2) is 20.9 Å². The number of carbonyl (C=O) groups excluding carboxylic acids is 1. The number of hydrogen-bond donors (Lipinski definition) is 1. The number of amides is 1. The van der Waals surface area contributed by atoms with Crippen LogP contribution in [0.2, 0.25) is 0 Å². The Hall–Kier alpha value is -3.03. The van der Waals surface area contributed by atoms with Crippen LogP contribution in [0.25, 0.3) is 11.3 Å². The van der Waals surface area contributed by atoms with Crippen molar-refractivity contribution in [2.75, 3.05) is 5.32 Å². The van der Waals surface area contributed by atoms with Gasteiger partial charge in [-0.15, -0.1) is 11.3 Å². The van der Waals surface area contributed by atoms with Gasteiger partial charge < -0.3 is 0 Å². The average Bonchev–Trinajstić information content (AvgIpc) is 3.18. The molecular formula is C23H20N4OS2. The summed E-state index contributed by atoms with van der Waals surface area (Å²) in [6.45, 7) is 6.28. The molecule has 0 saturated carbocycles.